The molecule has 3 rings (SSSR count). The van der Waals surface area contributed by atoms with Crippen molar-refractivity contribution in [2.75, 3.05) is 33.7 Å². The number of nitrogens with zero attached hydrogens (tertiary/aromatic N) is 5. The van der Waals surface area contributed by atoms with E-state index < -0.39 is 0 Å². The minimum Gasteiger partial charge on any atom is -0.356 e. The molecule has 1 saturated heterocycles. The first-order valence-corrected chi connectivity index (χ1v) is 9.66. The molecule has 1 N–H and O–H groups in total. The van der Waals surface area contributed by atoms with E-state index in [4.69, 9.17) is 0 Å². The van der Waals surface area contributed by atoms with Crippen LogP contribution in [0.2, 0.25) is 0 Å². The van der Waals surface area contributed by atoms with Crippen molar-refractivity contribution in [2.45, 2.75) is 51.6 Å². The van der Waals surface area contributed by atoms with Crippen LogP contribution in [-0.4, -0.2) is 65.3 Å². The highest BCUT2D eigenvalue weighted by Gasteiger charge is 2.34. The average Bonchev–Trinajstić information content (AvgIpc) is 3.19. The molecule has 1 atom stereocenters. The number of hydrogen-bond acceptors (Lipinski definition) is 3. The summed E-state index contributed by atoms with van der Waals surface area (Å²) in [7, 11) is 5.97. The summed E-state index contributed by atoms with van der Waals surface area (Å²) < 4.78 is 1.92. The maximum Gasteiger partial charge on any atom is 0.193 e. The zero-order valence-corrected chi connectivity index (χ0v) is 19.2. The van der Waals surface area contributed by atoms with Crippen molar-refractivity contribution >= 4 is 29.9 Å². The Morgan fingerprint density at radius 3 is 2.73 bits per heavy atom. The fourth-order valence-corrected chi connectivity index (χ4v) is 3.91. The van der Waals surface area contributed by atoms with E-state index in [1.807, 2.05) is 18.8 Å². The van der Waals surface area contributed by atoms with Crippen molar-refractivity contribution in [1.29, 1.82) is 0 Å². The number of guanidine groups is 1. The molecule has 1 aromatic heterocycles. The molecule has 0 bridgehead atoms. The van der Waals surface area contributed by atoms with Gasteiger partial charge in [0, 0.05) is 58.6 Å². The van der Waals surface area contributed by atoms with Gasteiger partial charge in [0.2, 0.25) is 0 Å². The monoisotopic (exact) mass is 474 g/mol. The Kier molecular flexibility index (Phi) is 7.76. The van der Waals surface area contributed by atoms with Gasteiger partial charge in [0.25, 0.3) is 0 Å². The molecular formula is C19H35IN6. The summed E-state index contributed by atoms with van der Waals surface area (Å²) in [5.74, 6) is 2.16. The van der Waals surface area contributed by atoms with E-state index in [-0.39, 0.29) is 24.0 Å². The standard InChI is InChI=1S/C19H34N6.HI/c1-14(2)18-16(13-24(5)22-18)12-23(4)19(20-3)21-10-15-8-9-25(11-15)17-6-7-17;/h13-15,17H,6-12H2,1-5H3,(H,20,21);1H. The number of aryl methyl sites for hydroxylation is 1. The Bertz CT molecular complexity index is 607. The van der Waals surface area contributed by atoms with Crippen LogP contribution in [0.3, 0.4) is 0 Å². The zero-order valence-electron chi connectivity index (χ0n) is 16.9. The van der Waals surface area contributed by atoms with Crippen LogP contribution in [-0.2, 0) is 13.6 Å². The molecule has 1 aliphatic carbocycles. The Morgan fingerprint density at radius 1 is 1.38 bits per heavy atom. The van der Waals surface area contributed by atoms with Crippen molar-refractivity contribution in [3.8, 4) is 0 Å². The third kappa shape index (κ3) is 5.34. The van der Waals surface area contributed by atoms with E-state index in [2.05, 4.69) is 52.3 Å². The van der Waals surface area contributed by atoms with Gasteiger partial charge in [0.05, 0.1) is 5.69 Å². The van der Waals surface area contributed by atoms with Crippen molar-refractivity contribution in [3.05, 3.63) is 17.5 Å². The second kappa shape index (κ2) is 9.39. The first-order chi connectivity index (χ1) is 12.0. The van der Waals surface area contributed by atoms with Crippen LogP contribution in [0.4, 0.5) is 0 Å². The number of hydrogen-bond donors (Lipinski definition) is 1. The first kappa shape index (κ1) is 21.5. The molecule has 2 heterocycles. The number of rotatable bonds is 6. The lowest BCUT2D eigenvalue weighted by Crippen LogP contribution is -2.41. The molecule has 0 radical (unpaired) electrons. The van der Waals surface area contributed by atoms with E-state index in [0.717, 1.165) is 31.0 Å². The smallest absolute Gasteiger partial charge is 0.193 e. The highest BCUT2D eigenvalue weighted by atomic mass is 127. The molecule has 0 aromatic carbocycles. The van der Waals surface area contributed by atoms with E-state index in [9.17, 15) is 0 Å². The molecule has 1 aromatic rings. The minimum absolute atomic E-state index is 0. The molecule has 26 heavy (non-hydrogen) atoms. The van der Waals surface area contributed by atoms with E-state index in [0.29, 0.717) is 5.92 Å². The summed E-state index contributed by atoms with van der Waals surface area (Å²) in [5.41, 5.74) is 2.46. The summed E-state index contributed by atoms with van der Waals surface area (Å²) in [6, 6.07) is 0.895. The summed E-state index contributed by atoms with van der Waals surface area (Å²) >= 11 is 0. The average molecular weight is 474 g/mol. The molecule has 7 heteroatoms. The lowest BCUT2D eigenvalue weighted by molar-refractivity contribution is 0.313. The van der Waals surface area contributed by atoms with Gasteiger partial charge in [-0.15, -0.1) is 24.0 Å². The lowest BCUT2D eigenvalue weighted by Gasteiger charge is -2.24. The van der Waals surface area contributed by atoms with E-state index in [1.165, 1.54) is 43.6 Å². The SMILES string of the molecule is CN=C(NCC1CCN(C2CC2)C1)N(C)Cc1cn(C)nc1C(C)C.I. The summed E-state index contributed by atoms with van der Waals surface area (Å²) in [5, 5.41) is 8.20. The zero-order chi connectivity index (χ0) is 18.0. The van der Waals surface area contributed by atoms with Crippen LogP contribution < -0.4 is 5.32 Å². The van der Waals surface area contributed by atoms with Gasteiger partial charge in [-0.2, -0.15) is 5.10 Å². The summed E-state index contributed by atoms with van der Waals surface area (Å²) in [6.45, 7) is 8.77. The van der Waals surface area contributed by atoms with Gasteiger partial charge in [-0.3, -0.25) is 9.67 Å². The number of aromatic nitrogens is 2. The molecule has 1 saturated carbocycles. The Hall–Kier alpha value is -0.830. The quantitative estimate of drug-likeness (QED) is 0.392. The van der Waals surface area contributed by atoms with Gasteiger partial charge in [-0.05, 0) is 37.6 Å². The fourth-order valence-electron chi connectivity index (χ4n) is 3.91. The second-order valence-electron chi connectivity index (χ2n) is 8.03. The van der Waals surface area contributed by atoms with Gasteiger partial charge in [-0.1, -0.05) is 13.8 Å². The van der Waals surface area contributed by atoms with Crippen molar-refractivity contribution in [1.82, 2.24) is 24.9 Å². The maximum atomic E-state index is 4.61. The third-order valence-corrected chi connectivity index (χ3v) is 5.39. The summed E-state index contributed by atoms with van der Waals surface area (Å²) in [4.78, 5) is 9.36. The van der Waals surface area contributed by atoms with Gasteiger partial charge in [0.1, 0.15) is 0 Å². The fraction of sp³-hybridized carbons (Fsp3) is 0.789. The molecular weight excluding hydrogens is 439 g/mol. The normalized spacial score (nSPS) is 21.2. The van der Waals surface area contributed by atoms with E-state index >= 15 is 0 Å². The number of aliphatic imine (C=N–C) groups is 1. The number of halogens is 1. The molecule has 1 aliphatic heterocycles. The third-order valence-electron chi connectivity index (χ3n) is 5.39. The Morgan fingerprint density at radius 2 is 2.12 bits per heavy atom. The van der Waals surface area contributed by atoms with Crippen LogP contribution >= 0.6 is 24.0 Å². The Balaban J connectivity index is 0.00000243. The van der Waals surface area contributed by atoms with Gasteiger partial charge in [-0.25, -0.2) is 0 Å². The van der Waals surface area contributed by atoms with Crippen molar-refractivity contribution in [3.63, 3.8) is 0 Å². The van der Waals surface area contributed by atoms with E-state index in [1.54, 1.807) is 0 Å². The highest BCUT2D eigenvalue weighted by Crippen LogP contribution is 2.31. The van der Waals surface area contributed by atoms with Crippen LogP contribution in [0.5, 0.6) is 0 Å². The van der Waals surface area contributed by atoms with Crippen LogP contribution in [0.1, 0.15) is 50.3 Å². The molecule has 2 fully saturated rings. The highest BCUT2D eigenvalue weighted by molar-refractivity contribution is 14.0. The molecule has 0 spiro atoms. The largest absolute Gasteiger partial charge is 0.356 e. The number of nitrogens with one attached hydrogen (secondary N) is 1. The maximum absolute atomic E-state index is 4.61. The molecule has 6 nitrogen and oxygen atoms in total. The number of likely N-dealkylation sites (tertiary alicyclic amines) is 1. The predicted molar refractivity (Wildman–Crippen MR) is 118 cm³/mol. The van der Waals surface area contributed by atoms with Gasteiger partial charge >= 0.3 is 0 Å². The summed E-state index contributed by atoms with van der Waals surface area (Å²) in [6.07, 6.45) is 6.26. The molecule has 148 valence electrons. The second-order valence-corrected chi connectivity index (χ2v) is 8.03. The molecule has 2 aliphatic rings. The Labute approximate surface area is 175 Å². The predicted octanol–water partition coefficient (Wildman–Crippen LogP) is 2.65. The van der Waals surface area contributed by atoms with Crippen LogP contribution in [0.25, 0.3) is 0 Å². The lowest BCUT2D eigenvalue weighted by atomic mass is 10.1. The minimum atomic E-state index is 0. The molecule has 1 unspecified atom stereocenters. The van der Waals surface area contributed by atoms with Crippen LogP contribution in [0.15, 0.2) is 11.2 Å². The van der Waals surface area contributed by atoms with Crippen molar-refractivity contribution < 1.29 is 0 Å². The van der Waals surface area contributed by atoms with Gasteiger partial charge in [0.15, 0.2) is 5.96 Å². The van der Waals surface area contributed by atoms with Gasteiger partial charge < -0.3 is 15.1 Å². The molecule has 0 amide bonds. The first-order valence-electron chi connectivity index (χ1n) is 9.66. The van der Waals surface area contributed by atoms with Crippen molar-refractivity contribution in [2.24, 2.45) is 18.0 Å². The topological polar surface area (TPSA) is 48.7 Å². The van der Waals surface area contributed by atoms with Crippen LogP contribution in [0, 0.1) is 5.92 Å².